The van der Waals surface area contributed by atoms with Gasteiger partial charge in [0, 0.05) is 29.4 Å². The van der Waals surface area contributed by atoms with Gasteiger partial charge in [0.05, 0.1) is 31.1 Å². The van der Waals surface area contributed by atoms with Crippen molar-refractivity contribution in [2.45, 2.75) is 91.5 Å². The lowest BCUT2D eigenvalue weighted by molar-refractivity contribution is -0.779. The van der Waals surface area contributed by atoms with Crippen molar-refractivity contribution in [1.82, 2.24) is 14.5 Å². The van der Waals surface area contributed by atoms with Gasteiger partial charge in [-0.3, -0.25) is 0 Å². The van der Waals surface area contributed by atoms with E-state index < -0.39 is 28.1 Å². The van der Waals surface area contributed by atoms with Crippen molar-refractivity contribution >= 4 is 28.1 Å². The number of rotatable bonds is 18. The molecule has 0 atom stereocenters. The summed E-state index contributed by atoms with van der Waals surface area (Å²) in [5.41, 5.74) is 1.10. The van der Waals surface area contributed by atoms with Crippen LogP contribution in [0.4, 0.5) is 0 Å². The highest BCUT2D eigenvalue weighted by Crippen LogP contribution is 2.13. The molecule has 0 aliphatic heterocycles. The van der Waals surface area contributed by atoms with Gasteiger partial charge in [-0.1, -0.05) is 39.3 Å². The number of aliphatic hydroxyl groups is 2. The number of nitrogens with zero attached hydrogens (tertiary/aromatic N) is 4. The third-order valence-corrected chi connectivity index (χ3v) is 9.40. The number of hydrogen-bond acceptors (Lipinski definition) is 9. The van der Waals surface area contributed by atoms with Crippen LogP contribution in [0, 0.1) is 0 Å². The third-order valence-electron chi connectivity index (χ3n) is 5.99. The molecule has 0 aromatic carbocycles. The topological polar surface area (TPSA) is 138 Å². The molecule has 14 heteroatoms. The van der Waals surface area contributed by atoms with Crippen LogP contribution in [0.2, 0.25) is 51.4 Å². The van der Waals surface area contributed by atoms with Gasteiger partial charge in [0.25, 0.3) is 0 Å². The SMILES string of the molecule is CCOC(=O)c1c(CO)c[n+](CCOC(=O)c2cc(CO)nn2COCC[Si](C)(C)C)n1COCC[Si](C)(C)C. The Hall–Kier alpha value is -2.37. The number of aromatic nitrogens is 4. The molecule has 0 aliphatic carbocycles. The number of aliphatic hydroxyl groups excluding tert-OH is 2. The number of esters is 2. The first kappa shape index (κ1) is 33.8. The minimum absolute atomic E-state index is 0.0222. The molecule has 40 heavy (non-hydrogen) atoms. The zero-order valence-electron chi connectivity index (χ0n) is 25.1. The van der Waals surface area contributed by atoms with Crippen molar-refractivity contribution in [2.24, 2.45) is 0 Å². The van der Waals surface area contributed by atoms with E-state index in [1.165, 1.54) is 10.7 Å². The van der Waals surface area contributed by atoms with E-state index in [-0.39, 0.29) is 57.8 Å². The van der Waals surface area contributed by atoms with Gasteiger partial charge >= 0.3 is 11.9 Å². The Bertz CT molecular complexity index is 1110. The molecule has 2 heterocycles. The fourth-order valence-electron chi connectivity index (χ4n) is 3.66. The largest absolute Gasteiger partial charge is 0.461 e. The second-order valence-corrected chi connectivity index (χ2v) is 23.2. The maximum Gasteiger partial charge on any atom is 0.361 e. The van der Waals surface area contributed by atoms with E-state index in [4.69, 9.17) is 18.9 Å². The van der Waals surface area contributed by atoms with Gasteiger partial charge in [0.2, 0.25) is 12.7 Å². The number of carbonyl (C=O) groups excluding carboxylic acids is 2. The lowest BCUT2D eigenvalue weighted by atomic mass is 10.2. The maximum absolute atomic E-state index is 12.9. The molecule has 0 unspecified atom stereocenters. The number of carbonyl (C=O) groups is 2. The minimum atomic E-state index is -1.31. The molecule has 2 N–H and O–H groups in total. The Morgan fingerprint density at radius 2 is 1.52 bits per heavy atom. The summed E-state index contributed by atoms with van der Waals surface area (Å²) in [6.45, 7) is 16.2. The Morgan fingerprint density at radius 1 is 0.900 bits per heavy atom. The molecule has 0 amide bonds. The lowest BCUT2D eigenvalue weighted by Gasteiger charge is -2.16. The quantitative estimate of drug-likeness (QED) is 0.115. The van der Waals surface area contributed by atoms with E-state index in [2.05, 4.69) is 44.4 Å². The third kappa shape index (κ3) is 10.9. The summed E-state index contributed by atoms with van der Waals surface area (Å²) >= 11 is 0. The molecule has 226 valence electrons. The average Bonchev–Trinajstić information content (AvgIpc) is 3.44. The zero-order valence-corrected chi connectivity index (χ0v) is 27.1. The summed E-state index contributed by atoms with van der Waals surface area (Å²) < 4.78 is 27.0. The summed E-state index contributed by atoms with van der Waals surface area (Å²) in [5.74, 6) is -1.18. The summed E-state index contributed by atoms with van der Waals surface area (Å²) in [6.07, 6.45) is 1.63. The Morgan fingerprint density at radius 3 is 2.08 bits per heavy atom. The van der Waals surface area contributed by atoms with E-state index in [0.717, 1.165) is 12.1 Å². The molecule has 2 rings (SSSR count). The average molecular weight is 600 g/mol. The van der Waals surface area contributed by atoms with Gasteiger partial charge < -0.3 is 29.2 Å². The van der Waals surface area contributed by atoms with Gasteiger partial charge in [-0.15, -0.1) is 9.36 Å². The van der Waals surface area contributed by atoms with Crippen molar-refractivity contribution in [2.75, 3.05) is 26.4 Å². The molecule has 2 aromatic heterocycles. The monoisotopic (exact) mass is 599 g/mol. The highest BCUT2D eigenvalue weighted by Gasteiger charge is 2.29. The van der Waals surface area contributed by atoms with Crippen LogP contribution < -0.4 is 4.68 Å². The minimum Gasteiger partial charge on any atom is -0.461 e. The van der Waals surface area contributed by atoms with Crippen molar-refractivity contribution in [3.05, 3.63) is 34.9 Å². The van der Waals surface area contributed by atoms with E-state index in [1.54, 1.807) is 22.5 Å². The molecule has 0 radical (unpaired) electrons. The summed E-state index contributed by atoms with van der Waals surface area (Å²) in [6, 6.07) is 3.41. The zero-order chi connectivity index (χ0) is 29.9. The maximum atomic E-state index is 12.9. The first-order valence-corrected chi connectivity index (χ1v) is 21.1. The predicted molar refractivity (Wildman–Crippen MR) is 153 cm³/mol. The van der Waals surface area contributed by atoms with Crippen LogP contribution in [0.15, 0.2) is 12.3 Å². The molecule has 0 aliphatic rings. The Kier molecular flexibility index (Phi) is 13.2. The van der Waals surface area contributed by atoms with Crippen LogP contribution in [0.3, 0.4) is 0 Å². The Balaban J connectivity index is 2.12. The molecular formula is C26H47N4O8Si2+. The standard InChI is InChI=1S/C26H47N4O8Si2/c1-8-37-26(34)24-21(17-31)16-28(30(24)20-36-12-14-40(5,6)7)9-10-38-25(33)23-15-22(18-32)27-29(23)19-35-11-13-39(2,3)4/h15-16,31-32H,8-14,17-20H2,1-7H3/q+1. The molecule has 0 fully saturated rings. The summed E-state index contributed by atoms with van der Waals surface area (Å²) in [4.78, 5) is 25.6. The van der Waals surface area contributed by atoms with Crippen LogP contribution >= 0.6 is 0 Å². The van der Waals surface area contributed by atoms with Gasteiger partial charge in [-0.2, -0.15) is 5.10 Å². The van der Waals surface area contributed by atoms with Crippen molar-refractivity contribution in [3.8, 4) is 0 Å². The van der Waals surface area contributed by atoms with Crippen LogP contribution in [0.1, 0.15) is 39.2 Å². The van der Waals surface area contributed by atoms with Crippen LogP contribution in [0.25, 0.3) is 0 Å². The first-order valence-electron chi connectivity index (χ1n) is 13.7. The molecule has 0 spiro atoms. The van der Waals surface area contributed by atoms with Crippen molar-refractivity contribution < 1.29 is 43.4 Å². The highest BCUT2D eigenvalue weighted by molar-refractivity contribution is 6.76. The van der Waals surface area contributed by atoms with Gasteiger partial charge in [0.1, 0.15) is 12.4 Å². The van der Waals surface area contributed by atoms with Gasteiger partial charge in [0.15, 0.2) is 19.0 Å². The summed E-state index contributed by atoms with van der Waals surface area (Å²) in [5, 5.41) is 23.7. The molecule has 0 saturated carbocycles. The molecule has 12 nitrogen and oxygen atoms in total. The number of ether oxygens (including phenoxy) is 4. The second-order valence-electron chi connectivity index (χ2n) is 12.0. The first-order chi connectivity index (χ1) is 18.8. The highest BCUT2D eigenvalue weighted by atomic mass is 28.3. The van der Waals surface area contributed by atoms with Gasteiger partial charge in [-0.05, 0) is 25.1 Å². The van der Waals surface area contributed by atoms with Gasteiger partial charge in [-0.25, -0.2) is 14.3 Å². The Labute approximate surface area is 238 Å². The van der Waals surface area contributed by atoms with Crippen LogP contribution in [-0.4, -0.2) is 79.2 Å². The van der Waals surface area contributed by atoms with E-state index in [9.17, 15) is 19.8 Å². The lowest BCUT2D eigenvalue weighted by Crippen LogP contribution is -2.46. The van der Waals surface area contributed by atoms with Crippen LogP contribution in [-0.2, 0) is 52.2 Å². The molecule has 2 aromatic rings. The summed E-state index contributed by atoms with van der Waals surface area (Å²) in [7, 11) is -2.58. The smallest absolute Gasteiger partial charge is 0.361 e. The predicted octanol–water partition coefficient (Wildman–Crippen LogP) is 2.61. The number of hydrogen-bond donors (Lipinski definition) is 2. The second kappa shape index (κ2) is 15.6. The van der Waals surface area contributed by atoms with Crippen molar-refractivity contribution in [1.29, 1.82) is 0 Å². The van der Waals surface area contributed by atoms with E-state index >= 15 is 0 Å². The molecular weight excluding hydrogens is 552 g/mol. The van der Waals surface area contributed by atoms with E-state index in [1.807, 2.05) is 0 Å². The normalized spacial score (nSPS) is 12.1. The molecule has 0 bridgehead atoms. The van der Waals surface area contributed by atoms with Crippen molar-refractivity contribution in [3.63, 3.8) is 0 Å². The fourth-order valence-corrected chi connectivity index (χ4v) is 5.17. The van der Waals surface area contributed by atoms with E-state index in [0.29, 0.717) is 24.5 Å². The molecule has 0 saturated heterocycles. The van der Waals surface area contributed by atoms with Crippen LogP contribution in [0.5, 0.6) is 0 Å². The fraction of sp³-hybridized carbons (Fsp3) is 0.692.